The molecule has 2 unspecified atom stereocenters. The second-order valence-electron chi connectivity index (χ2n) is 6.09. The van der Waals surface area contributed by atoms with Gasteiger partial charge in [0.25, 0.3) is 0 Å². The molecule has 137 valence electrons. The Morgan fingerprint density at radius 2 is 1.80 bits per heavy atom. The van der Waals surface area contributed by atoms with Crippen LogP contribution in [0.25, 0.3) is 0 Å². The predicted molar refractivity (Wildman–Crippen MR) is 89.9 cm³/mol. The van der Waals surface area contributed by atoms with Gasteiger partial charge in [-0.05, 0) is 24.5 Å². The summed E-state index contributed by atoms with van der Waals surface area (Å²) < 4.78 is 24.4. The number of carbonyl (C=O) groups excluding carboxylic acids is 2. The summed E-state index contributed by atoms with van der Waals surface area (Å²) >= 11 is 0. The van der Waals surface area contributed by atoms with Gasteiger partial charge in [0.2, 0.25) is 11.8 Å². The maximum absolute atomic E-state index is 12.2. The predicted octanol–water partition coefficient (Wildman–Crippen LogP) is -1.10. The number of nitrogens with two attached hydrogens (primary N) is 1. The first kappa shape index (κ1) is 19.4. The number of nitrogens with one attached hydrogen (secondary N) is 1. The van der Waals surface area contributed by atoms with Gasteiger partial charge in [0.15, 0.2) is 9.84 Å². The van der Waals surface area contributed by atoms with Gasteiger partial charge < -0.3 is 21.3 Å². The number of rotatable bonds is 7. The Morgan fingerprint density at radius 3 is 2.40 bits per heavy atom. The summed E-state index contributed by atoms with van der Waals surface area (Å²) in [5.74, 6) is -2.20. The zero-order valence-corrected chi connectivity index (χ0v) is 14.3. The molecule has 3 atom stereocenters. The Labute approximate surface area is 146 Å². The second kappa shape index (κ2) is 7.94. The van der Waals surface area contributed by atoms with E-state index in [0.717, 1.165) is 6.42 Å². The summed E-state index contributed by atoms with van der Waals surface area (Å²) in [7, 11) is -3.66. The Hall–Kier alpha value is -1.97. The van der Waals surface area contributed by atoms with E-state index in [0.29, 0.717) is 0 Å². The van der Waals surface area contributed by atoms with E-state index in [4.69, 9.17) is 5.73 Å². The van der Waals surface area contributed by atoms with Crippen LogP contribution < -0.4 is 11.1 Å². The Morgan fingerprint density at radius 1 is 1.20 bits per heavy atom. The van der Waals surface area contributed by atoms with Crippen molar-refractivity contribution in [3.8, 4) is 0 Å². The summed E-state index contributed by atoms with van der Waals surface area (Å²) in [6.07, 6.45) is -0.336. The van der Waals surface area contributed by atoms with Crippen LogP contribution in [0.2, 0.25) is 0 Å². The van der Waals surface area contributed by atoms with Crippen molar-refractivity contribution < 1.29 is 28.2 Å². The summed E-state index contributed by atoms with van der Waals surface area (Å²) in [6, 6.07) is 5.73. The van der Waals surface area contributed by atoms with Crippen LogP contribution in [0.5, 0.6) is 0 Å². The highest BCUT2D eigenvalue weighted by atomic mass is 32.2. The van der Waals surface area contributed by atoms with Crippen LogP contribution in [0.3, 0.4) is 0 Å². The minimum Gasteiger partial charge on any atom is -0.390 e. The van der Waals surface area contributed by atoms with E-state index >= 15 is 0 Å². The fraction of sp³-hybridized carbons (Fsp3) is 0.438. The van der Waals surface area contributed by atoms with Crippen molar-refractivity contribution in [2.24, 2.45) is 5.73 Å². The molecular weight excluding hydrogens is 348 g/mol. The normalized spacial score (nSPS) is 23.4. The van der Waals surface area contributed by atoms with Crippen molar-refractivity contribution >= 4 is 21.7 Å². The molecule has 5 N–H and O–H groups in total. The van der Waals surface area contributed by atoms with Gasteiger partial charge >= 0.3 is 0 Å². The third kappa shape index (κ3) is 5.52. The van der Waals surface area contributed by atoms with Crippen molar-refractivity contribution in [2.45, 2.75) is 36.8 Å². The molecule has 1 aliphatic carbocycles. The number of primary amides is 1. The van der Waals surface area contributed by atoms with Crippen LogP contribution in [-0.4, -0.2) is 54.4 Å². The van der Waals surface area contributed by atoms with Gasteiger partial charge in [0, 0.05) is 11.6 Å². The fourth-order valence-corrected chi connectivity index (χ4v) is 4.01. The maximum Gasteiger partial charge on any atom is 0.249 e. The smallest absolute Gasteiger partial charge is 0.249 e. The fourth-order valence-electron chi connectivity index (χ4n) is 2.76. The number of hydrogen-bond acceptors (Lipinski definition) is 6. The zero-order chi connectivity index (χ0) is 18.6. The van der Waals surface area contributed by atoms with E-state index in [1.807, 2.05) is 0 Å². The van der Waals surface area contributed by atoms with Crippen LogP contribution in [0.1, 0.15) is 28.8 Å². The molecule has 0 heterocycles. The molecule has 1 saturated carbocycles. The topological polar surface area (TPSA) is 147 Å². The van der Waals surface area contributed by atoms with Crippen molar-refractivity contribution in [1.82, 2.24) is 5.32 Å². The van der Waals surface area contributed by atoms with E-state index in [1.165, 1.54) is 12.1 Å². The lowest BCUT2D eigenvalue weighted by atomic mass is 10.1. The molecule has 1 aliphatic rings. The number of benzene rings is 1. The van der Waals surface area contributed by atoms with Crippen molar-refractivity contribution in [3.63, 3.8) is 0 Å². The van der Waals surface area contributed by atoms with Crippen molar-refractivity contribution in [3.05, 3.63) is 41.8 Å². The van der Waals surface area contributed by atoms with E-state index < -0.39 is 51.4 Å². The highest BCUT2D eigenvalue weighted by Crippen LogP contribution is 2.20. The third-order valence-electron chi connectivity index (χ3n) is 4.02. The van der Waals surface area contributed by atoms with E-state index in [1.54, 1.807) is 12.1 Å². The molecule has 0 bridgehead atoms. The molecule has 2 amide bonds. The van der Waals surface area contributed by atoms with Crippen LogP contribution in [0, 0.1) is 6.42 Å². The number of sulfone groups is 1. The number of carbonyl (C=O) groups is 2. The largest absolute Gasteiger partial charge is 0.390 e. The van der Waals surface area contributed by atoms with Gasteiger partial charge in [-0.1, -0.05) is 18.2 Å². The number of amides is 2. The van der Waals surface area contributed by atoms with Gasteiger partial charge in [-0.25, -0.2) is 8.42 Å². The van der Waals surface area contributed by atoms with E-state index in [2.05, 4.69) is 5.32 Å². The second-order valence-corrected chi connectivity index (χ2v) is 8.20. The summed E-state index contributed by atoms with van der Waals surface area (Å²) in [5, 5.41) is 21.4. The highest BCUT2D eigenvalue weighted by Gasteiger charge is 2.32. The van der Waals surface area contributed by atoms with Crippen molar-refractivity contribution in [2.75, 3.05) is 5.75 Å². The molecule has 1 radical (unpaired) electrons. The van der Waals surface area contributed by atoms with Crippen LogP contribution >= 0.6 is 0 Å². The average Bonchev–Trinajstić information content (AvgIpc) is 2.83. The van der Waals surface area contributed by atoms with E-state index in [9.17, 15) is 28.2 Å². The summed E-state index contributed by atoms with van der Waals surface area (Å²) in [4.78, 5) is 23.2. The van der Waals surface area contributed by atoms with Gasteiger partial charge in [-0.3, -0.25) is 9.59 Å². The minimum absolute atomic E-state index is 0.129. The lowest BCUT2D eigenvalue weighted by Gasteiger charge is -2.12. The quantitative estimate of drug-likeness (QED) is 0.480. The highest BCUT2D eigenvalue weighted by molar-refractivity contribution is 7.90. The van der Waals surface area contributed by atoms with Gasteiger partial charge in [0.05, 0.1) is 30.1 Å². The Balaban J connectivity index is 1.89. The lowest BCUT2D eigenvalue weighted by molar-refractivity contribution is -0.118. The average molecular weight is 369 g/mol. The molecule has 0 aromatic heterocycles. The summed E-state index contributed by atoms with van der Waals surface area (Å²) in [6.45, 7) is 0. The molecule has 0 aliphatic heterocycles. The monoisotopic (exact) mass is 369 g/mol. The molecule has 8 nitrogen and oxygen atoms in total. The molecular formula is C16H21N2O6S. The minimum atomic E-state index is -3.66. The van der Waals surface area contributed by atoms with Gasteiger partial charge in [-0.15, -0.1) is 0 Å². The number of aliphatic hydroxyl groups excluding tert-OH is 2. The van der Waals surface area contributed by atoms with Gasteiger partial charge in [-0.2, -0.15) is 0 Å². The number of hydrogen-bond donors (Lipinski definition) is 4. The van der Waals surface area contributed by atoms with Crippen LogP contribution in [0.4, 0.5) is 0 Å². The molecule has 1 aromatic rings. The molecule has 1 fully saturated rings. The zero-order valence-electron chi connectivity index (χ0n) is 13.5. The van der Waals surface area contributed by atoms with Crippen LogP contribution in [0.15, 0.2) is 24.3 Å². The van der Waals surface area contributed by atoms with Gasteiger partial charge in [0.1, 0.15) is 0 Å². The summed E-state index contributed by atoms with van der Waals surface area (Å²) in [5.41, 5.74) is 5.64. The first-order chi connectivity index (χ1) is 11.7. The molecule has 9 heteroatoms. The standard InChI is InChI=1S/C16H21N2O6S/c17-16(22)12-4-2-1-3-10(12)9-25(23,24)6-5-15(21)18-11-7-13(19)14(20)8-11/h1-5,11,13-14,19-20H,6-9H2,(H2,17,22)(H,18,21)/t11?,13-,14?/m1/s1. The Bertz CT molecular complexity index is 739. The van der Waals surface area contributed by atoms with E-state index in [-0.39, 0.29) is 24.0 Å². The number of aliphatic hydroxyl groups is 2. The van der Waals surface area contributed by atoms with Crippen LogP contribution in [-0.2, 0) is 20.4 Å². The third-order valence-corrected chi connectivity index (χ3v) is 5.45. The molecule has 0 spiro atoms. The lowest BCUT2D eigenvalue weighted by Crippen LogP contribution is -2.35. The molecule has 2 rings (SSSR count). The maximum atomic E-state index is 12.2. The van der Waals surface area contributed by atoms with Crippen molar-refractivity contribution in [1.29, 1.82) is 0 Å². The Kier molecular flexibility index (Phi) is 6.15. The molecule has 25 heavy (non-hydrogen) atoms. The SMILES string of the molecule is NC(=O)c1ccccc1CS(=O)(=O)C[CH]C(=O)NC1CC(O)[C@H](O)C1. The molecule has 0 saturated heterocycles. The first-order valence-electron chi connectivity index (χ1n) is 7.76. The molecule has 1 aromatic carbocycles. The first-order valence-corrected chi connectivity index (χ1v) is 9.58.